The van der Waals surface area contributed by atoms with Crippen LogP contribution in [0.25, 0.3) is 0 Å². The van der Waals surface area contributed by atoms with Crippen LogP contribution in [0, 0.1) is 0 Å². The molecule has 0 radical (unpaired) electrons. The number of hydrogen-bond acceptors (Lipinski definition) is 4. The number of carboxylic acids is 1. The fraction of sp³-hybridized carbons (Fsp3) is 0.700. The molecule has 1 unspecified atom stereocenters. The smallest absolute Gasteiger partial charge is 0.303 e. The van der Waals surface area contributed by atoms with Crippen molar-refractivity contribution in [1.82, 2.24) is 15.0 Å². The average molecular weight is 224 g/mol. The fourth-order valence-corrected chi connectivity index (χ4v) is 2.04. The Labute approximate surface area is 93.4 Å². The molecular formula is C10H16N4O2. The van der Waals surface area contributed by atoms with E-state index in [0.29, 0.717) is 6.42 Å². The summed E-state index contributed by atoms with van der Waals surface area (Å²) < 4.78 is 1.89. The first-order chi connectivity index (χ1) is 7.68. The molecular weight excluding hydrogens is 208 g/mol. The van der Waals surface area contributed by atoms with Crippen LogP contribution in [0.4, 0.5) is 0 Å². The van der Waals surface area contributed by atoms with Crippen molar-refractivity contribution in [3.63, 3.8) is 0 Å². The van der Waals surface area contributed by atoms with Gasteiger partial charge in [-0.2, -0.15) is 0 Å². The number of rotatable bonds is 4. The van der Waals surface area contributed by atoms with Gasteiger partial charge in [-0.15, -0.1) is 5.10 Å². The van der Waals surface area contributed by atoms with Crippen LogP contribution in [0.5, 0.6) is 0 Å². The number of carboxylic acid groups (broad SMARTS) is 1. The van der Waals surface area contributed by atoms with Gasteiger partial charge in [0.1, 0.15) is 5.69 Å². The maximum Gasteiger partial charge on any atom is 0.303 e. The number of hydrogen-bond donors (Lipinski definition) is 2. The van der Waals surface area contributed by atoms with E-state index < -0.39 is 5.97 Å². The zero-order valence-corrected chi connectivity index (χ0v) is 9.09. The normalized spacial score (nSPS) is 16.8. The Bertz CT molecular complexity index is 388. The van der Waals surface area contributed by atoms with Crippen LogP contribution in [0.1, 0.15) is 43.1 Å². The molecule has 0 saturated heterocycles. The molecule has 2 heterocycles. The molecule has 88 valence electrons. The molecule has 0 aromatic carbocycles. The van der Waals surface area contributed by atoms with E-state index >= 15 is 0 Å². The van der Waals surface area contributed by atoms with Gasteiger partial charge in [0.15, 0.2) is 0 Å². The van der Waals surface area contributed by atoms with Crippen molar-refractivity contribution < 1.29 is 9.90 Å². The summed E-state index contributed by atoms with van der Waals surface area (Å²) in [5, 5.41) is 16.7. The molecule has 0 bridgehead atoms. The van der Waals surface area contributed by atoms with Crippen molar-refractivity contribution in [2.24, 2.45) is 5.73 Å². The maximum absolute atomic E-state index is 10.5. The summed E-state index contributed by atoms with van der Waals surface area (Å²) in [6, 6.07) is -0.307. The number of nitrogens with two attached hydrogens (primary N) is 1. The van der Waals surface area contributed by atoms with Gasteiger partial charge < -0.3 is 10.8 Å². The lowest BCUT2D eigenvalue weighted by atomic mass is 10.0. The molecule has 0 fully saturated rings. The van der Waals surface area contributed by atoms with Gasteiger partial charge in [0.25, 0.3) is 0 Å². The highest BCUT2D eigenvalue weighted by atomic mass is 16.4. The Morgan fingerprint density at radius 2 is 2.38 bits per heavy atom. The van der Waals surface area contributed by atoms with Crippen LogP contribution in [0.15, 0.2) is 0 Å². The second kappa shape index (κ2) is 4.61. The van der Waals surface area contributed by atoms with E-state index in [2.05, 4.69) is 10.3 Å². The van der Waals surface area contributed by atoms with E-state index in [0.717, 1.165) is 37.2 Å². The largest absolute Gasteiger partial charge is 0.481 e. The van der Waals surface area contributed by atoms with Gasteiger partial charge in [-0.3, -0.25) is 4.79 Å². The second-order valence-corrected chi connectivity index (χ2v) is 4.14. The van der Waals surface area contributed by atoms with Gasteiger partial charge in [-0.05, 0) is 25.7 Å². The number of nitrogens with zero attached hydrogens (tertiary/aromatic N) is 3. The molecule has 2 rings (SSSR count). The highest BCUT2D eigenvalue weighted by Crippen LogP contribution is 2.22. The summed E-state index contributed by atoms with van der Waals surface area (Å²) >= 11 is 0. The molecule has 0 amide bonds. The number of aromatic nitrogens is 3. The second-order valence-electron chi connectivity index (χ2n) is 4.14. The molecule has 16 heavy (non-hydrogen) atoms. The third kappa shape index (κ3) is 2.21. The van der Waals surface area contributed by atoms with Crippen molar-refractivity contribution in [3.05, 3.63) is 11.4 Å². The zero-order chi connectivity index (χ0) is 11.5. The Kier molecular flexibility index (Phi) is 3.19. The topological polar surface area (TPSA) is 94.0 Å². The molecule has 3 N–H and O–H groups in total. The van der Waals surface area contributed by atoms with Crippen molar-refractivity contribution in [2.45, 2.75) is 44.7 Å². The minimum Gasteiger partial charge on any atom is -0.481 e. The summed E-state index contributed by atoms with van der Waals surface area (Å²) in [6.07, 6.45) is 3.70. The van der Waals surface area contributed by atoms with Gasteiger partial charge in [-0.1, -0.05) is 5.21 Å². The molecule has 1 aliphatic rings. The van der Waals surface area contributed by atoms with Gasteiger partial charge in [0.05, 0.1) is 11.7 Å². The van der Waals surface area contributed by atoms with Gasteiger partial charge >= 0.3 is 5.97 Å². The average Bonchev–Trinajstić information content (AvgIpc) is 2.69. The van der Waals surface area contributed by atoms with Gasteiger partial charge in [0.2, 0.25) is 0 Å². The quantitative estimate of drug-likeness (QED) is 0.775. The van der Waals surface area contributed by atoms with Crippen LogP contribution in [-0.2, 0) is 17.8 Å². The summed E-state index contributed by atoms with van der Waals surface area (Å²) in [5.41, 5.74) is 7.80. The monoisotopic (exact) mass is 224 g/mol. The summed E-state index contributed by atoms with van der Waals surface area (Å²) in [7, 11) is 0. The number of carbonyl (C=O) groups is 1. The summed E-state index contributed by atoms with van der Waals surface area (Å²) in [4.78, 5) is 10.5. The van der Waals surface area contributed by atoms with Crippen molar-refractivity contribution in [3.8, 4) is 0 Å². The molecule has 0 aliphatic carbocycles. The SMILES string of the molecule is NC(CCC(=O)O)c1nnn2c1CCCC2. The Balaban J connectivity index is 2.08. The molecule has 1 atom stereocenters. The Morgan fingerprint density at radius 3 is 3.12 bits per heavy atom. The predicted octanol–water partition coefficient (Wildman–Crippen LogP) is 0.479. The first-order valence-electron chi connectivity index (χ1n) is 5.58. The fourth-order valence-electron chi connectivity index (χ4n) is 2.04. The van der Waals surface area contributed by atoms with E-state index in [4.69, 9.17) is 10.8 Å². The molecule has 1 aromatic rings. The van der Waals surface area contributed by atoms with E-state index in [1.54, 1.807) is 0 Å². The minimum atomic E-state index is -0.823. The van der Waals surface area contributed by atoms with Crippen LogP contribution in [0.2, 0.25) is 0 Å². The molecule has 1 aromatic heterocycles. The molecule has 0 saturated carbocycles. The third-order valence-electron chi connectivity index (χ3n) is 2.92. The van der Waals surface area contributed by atoms with Crippen LogP contribution in [0.3, 0.4) is 0 Å². The maximum atomic E-state index is 10.5. The van der Waals surface area contributed by atoms with Crippen LogP contribution >= 0.6 is 0 Å². The van der Waals surface area contributed by atoms with E-state index in [9.17, 15) is 4.79 Å². The Hall–Kier alpha value is -1.43. The minimum absolute atomic E-state index is 0.0769. The number of aliphatic carboxylic acids is 1. The highest BCUT2D eigenvalue weighted by molar-refractivity contribution is 5.66. The Morgan fingerprint density at radius 1 is 1.56 bits per heavy atom. The highest BCUT2D eigenvalue weighted by Gasteiger charge is 2.21. The van der Waals surface area contributed by atoms with Gasteiger partial charge in [0, 0.05) is 13.0 Å². The van der Waals surface area contributed by atoms with Crippen LogP contribution in [-0.4, -0.2) is 26.1 Å². The van der Waals surface area contributed by atoms with Gasteiger partial charge in [-0.25, -0.2) is 4.68 Å². The zero-order valence-electron chi connectivity index (χ0n) is 9.09. The molecule has 6 nitrogen and oxygen atoms in total. The summed E-state index contributed by atoms with van der Waals surface area (Å²) in [6.45, 7) is 0.897. The first-order valence-corrected chi connectivity index (χ1v) is 5.58. The lowest BCUT2D eigenvalue weighted by molar-refractivity contribution is -0.137. The van der Waals surface area contributed by atoms with Crippen molar-refractivity contribution in [2.75, 3.05) is 0 Å². The van der Waals surface area contributed by atoms with E-state index in [1.807, 2.05) is 4.68 Å². The van der Waals surface area contributed by atoms with Crippen molar-refractivity contribution in [1.29, 1.82) is 0 Å². The number of fused-ring (bicyclic) bond motifs is 1. The first kappa shape index (κ1) is 11.1. The molecule has 1 aliphatic heterocycles. The standard InChI is InChI=1S/C10H16N4O2/c11-7(4-5-9(15)16)10-8-3-1-2-6-14(8)13-12-10/h7H,1-6,11H2,(H,15,16). The molecule has 6 heteroatoms. The van der Waals surface area contributed by atoms with E-state index in [1.165, 1.54) is 0 Å². The summed E-state index contributed by atoms with van der Waals surface area (Å²) in [5.74, 6) is -0.823. The van der Waals surface area contributed by atoms with Crippen molar-refractivity contribution >= 4 is 5.97 Å². The number of aryl methyl sites for hydroxylation is 1. The third-order valence-corrected chi connectivity index (χ3v) is 2.92. The molecule has 0 spiro atoms. The predicted molar refractivity (Wildman–Crippen MR) is 56.8 cm³/mol. The lowest BCUT2D eigenvalue weighted by Gasteiger charge is -2.15. The lowest BCUT2D eigenvalue weighted by Crippen LogP contribution is -2.17. The van der Waals surface area contributed by atoms with E-state index in [-0.39, 0.29) is 12.5 Å². The van der Waals surface area contributed by atoms with Crippen LogP contribution < -0.4 is 5.73 Å².